The van der Waals surface area contributed by atoms with Gasteiger partial charge in [-0.15, -0.1) is 0 Å². The van der Waals surface area contributed by atoms with Crippen LogP contribution in [0.4, 0.5) is 0 Å². The number of carbonyl (C=O) groups is 1. The topological polar surface area (TPSA) is 109 Å². The van der Waals surface area contributed by atoms with E-state index in [0.717, 1.165) is 27.8 Å². The molecule has 0 bridgehead atoms. The van der Waals surface area contributed by atoms with Crippen LogP contribution >= 0.6 is 0 Å². The van der Waals surface area contributed by atoms with Crippen molar-refractivity contribution in [3.63, 3.8) is 0 Å². The lowest BCUT2D eigenvalue weighted by Crippen LogP contribution is -2.31. The van der Waals surface area contributed by atoms with Crippen molar-refractivity contribution in [2.75, 3.05) is 6.61 Å². The van der Waals surface area contributed by atoms with E-state index in [1.54, 1.807) is 12.4 Å². The Labute approximate surface area is 191 Å². The van der Waals surface area contributed by atoms with Crippen molar-refractivity contribution in [2.45, 2.75) is 38.3 Å². The fraction of sp³-hybridized carbons (Fsp3) is 0.280. The molecule has 1 atom stereocenters. The molecule has 33 heavy (non-hydrogen) atoms. The van der Waals surface area contributed by atoms with Crippen molar-refractivity contribution in [3.8, 4) is 22.6 Å². The van der Waals surface area contributed by atoms with Gasteiger partial charge in [0.05, 0.1) is 6.42 Å². The Bertz CT molecular complexity index is 1270. The van der Waals surface area contributed by atoms with Gasteiger partial charge >= 0.3 is 5.97 Å². The second kappa shape index (κ2) is 7.58. The first-order valence-electron chi connectivity index (χ1n) is 10.6. The average molecular weight is 444 g/mol. The Balaban J connectivity index is 1.59. The number of carbonyl (C=O) groups excluding carboxylic acids is 1. The van der Waals surface area contributed by atoms with Gasteiger partial charge in [0, 0.05) is 29.1 Å². The number of nitrogens with two attached hydrogens (primary N) is 1. The lowest BCUT2D eigenvalue weighted by molar-refractivity contribution is -0.153. The van der Waals surface area contributed by atoms with Gasteiger partial charge in [0.25, 0.3) is 6.02 Å². The molecule has 2 aliphatic rings. The lowest BCUT2D eigenvalue weighted by Gasteiger charge is -2.34. The van der Waals surface area contributed by atoms with Crippen LogP contribution in [0.5, 0.6) is 11.5 Å². The molecule has 0 aliphatic carbocycles. The number of benzene rings is 2. The van der Waals surface area contributed by atoms with Gasteiger partial charge in [0.1, 0.15) is 30.0 Å². The molecule has 3 heterocycles. The third kappa shape index (κ3) is 3.88. The SMILES string of the molecule is CC(C)(C)OC(=O)Cc1ccc2c(c1)[C@]1(COC(N)=N1)c1cc(-c3cncnc3)ccc1O2. The maximum absolute atomic E-state index is 12.4. The molecule has 2 N–H and O–H groups in total. The molecule has 5 rings (SSSR count). The van der Waals surface area contributed by atoms with E-state index in [9.17, 15) is 4.79 Å². The third-order valence-corrected chi connectivity index (χ3v) is 5.53. The third-order valence-electron chi connectivity index (χ3n) is 5.53. The maximum Gasteiger partial charge on any atom is 0.310 e. The number of nitrogens with zero attached hydrogens (tertiary/aromatic N) is 3. The predicted molar refractivity (Wildman–Crippen MR) is 122 cm³/mol. The van der Waals surface area contributed by atoms with Gasteiger partial charge in [-0.1, -0.05) is 12.1 Å². The monoisotopic (exact) mass is 444 g/mol. The Morgan fingerprint density at radius 1 is 1.06 bits per heavy atom. The van der Waals surface area contributed by atoms with Gasteiger partial charge in [0.2, 0.25) is 0 Å². The molecule has 2 aromatic carbocycles. The molecule has 8 heteroatoms. The van der Waals surface area contributed by atoms with Crippen LogP contribution in [0, 0.1) is 0 Å². The van der Waals surface area contributed by atoms with Gasteiger partial charge in [-0.2, -0.15) is 0 Å². The number of aromatic nitrogens is 2. The number of esters is 1. The van der Waals surface area contributed by atoms with Gasteiger partial charge in [0.15, 0.2) is 5.54 Å². The maximum atomic E-state index is 12.4. The molecule has 1 spiro atoms. The molecule has 1 aromatic heterocycles. The first kappa shape index (κ1) is 20.9. The van der Waals surface area contributed by atoms with E-state index >= 15 is 0 Å². The fourth-order valence-corrected chi connectivity index (χ4v) is 4.18. The standard InChI is InChI=1S/C25H24N4O4/c1-24(2,3)33-22(30)9-15-4-6-20-18(8-15)25(13-31-23(26)29-25)19-10-16(5-7-21(19)32-20)17-11-27-14-28-12-17/h4-8,10-12,14H,9,13H2,1-3H3,(H2,26,29)/t25-/m1/s1. The molecule has 0 unspecified atom stereocenters. The van der Waals surface area contributed by atoms with Crippen LogP contribution in [-0.4, -0.2) is 34.2 Å². The predicted octanol–water partition coefficient (Wildman–Crippen LogP) is 3.72. The molecular formula is C25H24N4O4. The summed E-state index contributed by atoms with van der Waals surface area (Å²) in [4.78, 5) is 25.4. The number of aliphatic imine (C=N–C) groups is 1. The van der Waals surface area contributed by atoms with Crippen LogP contribution in [0.15, 0.2) is 60.1 Å². The highest BCUT2D eigenvalue weighted by atomic mass is 16.6. The van der Waals surface area contributed by atoms with Crippen molar-refractivity contribution in [1.82, 2.24) is 9.97 Å². The van der Waals surface area contributed by atoms with Gasteiger partial charge in [-0.05, 0) is 56.2 Å². The Hall–Kier alpha value is -3.94. The fourth-order valence-electron chi connectivity index (χ4n) is 4.18. The molecular weight excluding hydrogens is 420 g/mol. The zero-order valence-corrected chi connectivity index (χ0v) is 18.7. The number of ether oxygens (including phenoxy) is 3. The largest absolute Gasteiger partial charge is 0.462 e. The second-order valence-electron chi connectivity index (χ2n) is 9.13. The van der Waals surface area contributed by atoms with E-state index in [-0.39, 0.29) is 25.0 Å². The minimum atomic E-state index is -0.886. The summed E-state index contributed by atoms with van der Waals surface area (Å²) in [6.45, 7) is 5.77. The Morgan fingerprint density at radius 2 is 1.76 bits per heavy atom. The normalized spacial score (nSPS) is 18.6. The van der Waals surface area contributed by atoms with Crippen LogP contribution in [0.1, 0.15) is 37.5 Å². The zero-order chi connectivity index (χ0) is 23.2. The number of amidine groups is 1. The van der Waals surface area contributed by atoms with E-state index in [4.69, 9.17) is 24.9 Å². The minimum Gasteiger partial charge on any atom is -0.462 e. The van der Waals surface area contributed by atoms with Crippen LogP contribution in [-0.2, 0) is 26.2 Å². The molecule has 0 saturated carbocycles. The molecule has 0 fully saturated rings. The van der Waals surface area contributed by atoms with E-state index in [2.05, 4.69) is 9.97 Å². The summed E-state index contributed by atoms with van der Waals surface area (Å²) in [5.41, 5.74) is 8.75. The smallest absolute Gasteiger partial charge is 0.310 e. The molecule has 0 saturated heterocycles. The summed E-state index contributed by atoms with van der Waals surface area (Å²) in [6.07, 6.45) is 5.13. The van der Waals surface area contributed by atoms with E-state index in [1.165, 1.54) is 6.33 Å². The van der Waals surface area contributed by atoms with Crippen molar-refractivity contribution in [3.05, 3.63) is 71.8 Å². The van der Waals surface area contributed by atoms with Crippen molar-refractivity contribution in [1.29, 1.82) is 0 Å². The summed E-state index contributed by atoms with van der Waals surface area (Å²) in [5, 5.41) is 0. The second-order valence-corrected chi connectivity index (χ2v) is 9.13. The average Bonchev–Trinajstić information content (AvgIpc) is 3.16. The number of hydrogen-bond donors (Lipinski definition) is 1. The molecule has 0 radical (unpaired) electrons. The first-order chi connectivity index (χ1) is 15.7. The van der Waals surface area contributed by atoms with Crippen molar-refractivity contribution >= 4 is 12.0 Å². The molecule has 8 nitrogen and oxygen atoms in total. The highest BCUT2D eigenvalue weighted by molar-refractivity contribution is 5.78. The van der Waals surface area contributed by atoms with Crippen LogP contribution in [0.25, 0.3) is 11.1 Å². The summed E-state index contributed by atoms with van der Waals surface area (Å²) >= 11 is 0. The highest BCUT2D eigenvalue weighted by Crippen LogP contribution is 2.51. The molecule has 168 valence electrons. The van der Waals surface area contributed by atoms with E-state index in [1.807, 2.05) is 57.2 Å². The van der Waals surface area contributed by atoms with E-state index < -0.39 is 11.1 Å². The number of hydrogen-bond acceptors (Lipinski definition) is 8. The van der Waals surface area contributed by atoms with Gasteiger partial charge < -0.3 is 19.9 Å². The van der Waals surface area contributed by atoms with Crippen molar-refractivity contribution in [2.24, 2.45) is 10.7 Å². The number of rotatable bonds is 3. The summed E-state index contributed by atoms with van der Waals surface area (Å²) in [6, 6.07) is 11.6. The van der Waals surface area contributed by atoms with Crippen molar-refractivity contribution < 1.29 is 19.0 Å². The summed E-state index contributed by atoms with van der Waals surface area (Å²) < 4.78 is 17.4. The van der Waals surface area contributed by atoms with Gasteiger partial charge in [-0.25, -0.2) is 15.0 Å². The van der Waals surface area contributed by atoms with Crippen LogP contribution < -0.4 is 10.5 Å². The summed E-state index contributed by atoms with van der Waals surface area (Å²) in [5.74, 6) is 1.02. The van der Waals surface area contributed by atoms with Crippen LogP contribution in [0.3, 0.4) is 0 Å². The minimum absolute atomic E-state index is 0.111. The molecule has 3 aromatic rings. The first-order valence-corrected chi connectivity index (χ1v) is 10.6. The lowest BCUT2D eigenvalue weighted by atomic mass is 9.79. The Morgan fingerprint density at radius 3 is 2.42 bits per heavy atom. The van der Waals surface area contributed by atoms with E-state index in [0.29, 0.717) is 11.5 Å². The molecule has 2 aliphatic heterocycles. The quantitative estimate of drug-likeness (QED) is 0.613. The molecule has 0 amide bonds. The van der Waals surface area contributed by atoms with Gasteiger partial charge in [-0.3, -0.25) is 4.79 Å². The van der Waals surface area contributed by atoms with Crippen LogP contribution in [0.2, 0.25) is 0 Å². The Kier molecular flexibility index (Phi) is 4.81. The number of fused-ring (bicyclic) bond motifs is 4. The highest BCUT2D eigenvalue weighted by Gasteiger charge is 2.47. The zero-order valence-electron chi connectivity index (χ0n) is 18.7. The summed E-state index contributed by atoms with van der Waals surface area (Å²) in [7, 11) is 0.